The molecule has 9 nitrogen and oxygen atoms in total. The minimum absolute atomic E-state index is 0.0340. The molecule has 1 aliphatic rings. The molecule has 0 saturated carbocycles. The highest BCUT2D eigenvalue weighted by atomic mass is 35.5. The molecule has 0 atom stereocenters. The second-order valence-corrected chi connectivity index (χ2v) is 6.37. The lowest BCUT2D eigenvalue weighted by Gasteiger charge is -2.16. The first-order chi connectivity index (χ1) is 12.8. The molecule has 3 rings (SSSR count). The number of ketones is 1. The zero-order valence-corrected chi connectivity index (χ0v) is 15.7. The zero-order valence-electron chi connectivity index (χ0n) is 14.2. The van der Waals surface area contributed by atoms with E-state index in [0.717, 1.165) is 4.68 Å². The standard InChI is InChI=1S/C16H13Cl2N5O4/c1-7(24)9-5-12(22-23(2)16(9)26)27-14-10(17)3-8(4-11(14)18)13-15(25)19-6-20-21-13/h3-5,20H,6H2,1-2H3,(H,19,25). The van der Waals surface area contributed by atoms with Gasteiger partial charge in [-0.3, -0.25) is 19.8 Å². The van der Waals surface area contributed by atoms with Gasteiger partial charge in [-0.25, -0.2) is 4.68 Å². The number of aryl methyl sites for hydroxylation is 1. The van der Waals surface area contributed by atoms with Crippen molar-refractivity contribution in [3.8, 4) is 11.6 Å². The van der Waals surface area contributed by atoms with E-state index in [0.29, 0.717) is 5.56 Å². The minimum Gasteiger partial charge on any atom is -0.434 e. The van der Waals surface area contributed by atoms with Gasteiger partial charge in [-0.2, -0.15) is 5.10 Å². The van der Waals surface area contributed by atoms with Crippen LogP contribution in [0.15, 0.2) is 28.1 Å². The molecule has 0 spiro atoms. The van der Waals surface area contributed by atoms with Crippen LogP contribution >= 0.6 is 23.2 Å². The first-order valence-corrected chi connectivity index (χ1v) is 8.39. The van der Waals surface area contributed by atoms with Crippen LogP contribution in [0.1, 0.15) is 22.8 Å². The number of rotatable bonds is 4. The average molecular weight is 410 g/mol. The van der Waals surface area contributed by atoms with Crippen molar-refractivity contribution in [1.29, 1.82) is 0 Å². The predicted molar refractivity (Wildman–Crippen MR) is 98.7 cm³/mol. The molecule has 0 saturated heterocycles. The van der Waals surface area contributed by atoms with Crippen LogP contribution < -0.4 is 21.0 Å². The van der Waals surface area contributed by atoms with Crippen LogP contribution in [-0.2, 0) is 11.8 Å². The van der Waals surface area contributed by atoms with Crippen LogP contribution in [0.4, 0.5) is 0 Å². The molecule has 0 radical (unpaired) electrons. The normalized spacial score (nSPS) is 13.5. The van der Waals surface area contributed by atoms with E-state index >= 15 is 0 Å². The summed E-state index contributed by atoms with van der Waals surface area (Å²) in [6.07, 6.45) is 0. The zero-order chi connectivity index (χ0) is 19.7. The van der Waals surface area contributed by atoms with Gasteiger partial charge in [0.2, 0.25) is 5.88 Å². The van der Waals surface area contributed by atoms with Crippen molar-refractivity contribution in [3.05, 3.63) is 49.7 Å². The molecule has 2 N–H and O–H groups in total. The smallest absolute Gasteiger partial charge is 0.277 e. The van der Waals surface area contributed by atoms with Crippen LogP contribution in [0.25, 0.3) is 0 Å². The van der Waals surface area contributed by atoms with Gasteiger partial charge >= 0.3 is 0 Å². The monoisotopic (exact) mass is 409 g/mol. The fourth-order valence-electron chi connectivity index (χ4n) is 2.35. The maximum atomic E-state index is 11.9. The number of Topliss-reactive ketones (excluding diaryl/α,β-unsaturated/α-hetero) is 1. The summed E-state index contributed by atoms with van der Waals surface area (Å²) in [4.78, 5) is 35.4. The van der Waals surface area contributed by atoms with Crippen molar-refractivity contribution in [2.24, 2.45) is 12.1 Å². The summed E-state index contributed by atoms with van der Waals surface area (Å²) < 4.78 is 6.57. The number of benzene rings is 1. The number of hydrogen-bond donors (Lipinski definition) is 2. The van der Waals surface area contributed by atoms with E-state index in [9.17, 15) is 14.4 Å². The Bertz CT molecular complexity index is 1020. The van der Waals surface area contributed by atoms with E-state index in [1.807, 2.05) is 0 Å². The Morgan fingerprint density at radius 2 is 1.89 bits per heavy atom. The number of aromatic nitrogens is 2. The van der Waals surface area contributed by atoms with Gasteiger partial charge in [-0.1, -0.05) is 23.2 Å². The van der Waals surface area contributed by atoms with Crippen molar-refractivity contribution in [2.45, 2.75) is 6.92 Å². The van der Waals surface area contributed by atoms with Gasteiger partial charge in [0.25, 0.3) is 11.5 Å². The maximum absolute atomic E-state index is 11.9. The number of amides is 1. The topological polar surface area (TPSA) is 115 Å². The minimum atomic E-state index is -0.545. The molecule has 1 aliphatic heterocycles. The summed E-state index contributed by atoms with van der Waals surface area (Å²) in [5.74, 6) is -0.773. The Labute approximate surface area is 162 Å². The summed E-state index contributed by atoms with van der Waals surface area (Å²) in [5, 5.41) is 10.6. The van der Waals surface area contributed by atoms with Crippen molar-refractivity contribution in [2.75, 3.05) is 6.67 Å². The predicted octanol–water partition coefficient (Wildman–Crippen LogP) is 1.46. The molecule has 140 valence electrons. The third-order valence-electron chi connectivity index (χ3n) is 3.63. The summed E-state index contributed by atoms with van der Waals surface area (Å²) in [5.41, 5.74) is 2.54. The van der Waals surface area contributed by atoms with Gasteiger partial charge in [-0.15, -0.1) is 5.10 Å². The van der Waals surface area contributed by atoms with E-state index in [1.54, 1.807) is 0 Å². The Balaban J connectivity index is 1.99. The molecule has 0 bridgehead atoms. The lowest BCUT2D eigenvalue weighted by molar-refractivity contribution is -0.115. The Kier molecular flexibility index (Phi) is 5.15. The van der Waals surface area contributed by atoms with Crippen LogP contribution in [-0.4, -0.2) is 33.9 Å². The third-order valence-corrected chi connectivity index (χ3v) is 4.19. The van der Waals surface area contributed by atoms with Crippen LogP contribution in [0.5, 0.6) is 11.6 Å². The van der Waals surface area contributed by atoms with E-state index in [-0.39, 0.29) is 45.5 Å². The Morgan fingerprint density at radius 1 is 1.22 bits per heavy atom. The van der Waals surface area contributed by atoms with E-state index in [1.165, 1.54) is 32.2 Å². The fraction of sp³-hybridized carbons (Fsp3) is 0.188. The van der Waals surface area contributed by atoms with Crippen molar-refractivity contribution >= 4 is 40.6 Å². The van der Waals surface area contributed by atoms with Crippen molar-refractivity contribution in [3.63, 3.8) is 0 Å². The van der Waals surface area contributed by atoms with Gasteiger partial charge in [0.05, 0.1) is 15.6 Å². The number of hydrazone groups is 1. The molecule has 1 aromatic heterocycles. The van der Waals surface area contributed by atoms with E-state index in [2.05, 4.69) is 20.9 Å². The van der Waals surface area contributed by atoms with Crippen molar-refractivity contribution < 1.29 is 14.3 Å². The number of hydrogen-bond acceptors (Lipinski definition) is 7. The SMILES string of the molecule is CC(=O)c1cc(Oc2c(Cl)cc(C3=NNCNC3=O)cc2Cl)nn(C)c1=O. The van der Waals surface area contributed by atoms with Crippen LogP contribution in [0.2, 0.25) is 10.0 Å². The molecule has 0 unspecified atom stereocenters. The van der Waals surface area contributed by atoms with Gasteiger partial charge in [0.1, 0.15) is 6.67 Å². The molecule has 0 aliphatic carbocycles. The summed E-state index contributed by atoms with van der Waals surface area (Å²) in [6.45, 7) is 1.49. The van der Waals surface area contributed by atoms with Gasteiger partial charge in [-0.05, 0) is 19.1 Å². The molecule has 1 amide bonds. The molecular weight excluding hydrogens is 397 g/mol. The maximum Gasteiger partial charge on any atom is 0.277 e. The first-order valence-electron chi connectivity index (χ1n) is 7.63. The highest BCUT2D eigenvalue weighted by Gasteiger charge is 2.21. The van der Waals surface area contributed by atoms with E-state index in [4.69, 9.17) is 27.9 Å². The Morgan fingerprint density at radius 3 is 2.48 bits per heavy atom. The second kappa shape index (κ2) is 7.37. The molecule has 2 heterocycles. The van der Waals surface area contributed by atoms with Crippen LogP contribution in [0, 0.1) is 0 Å². The fourth-order valence-corrected chi connectivity index (χ4v) is 2.92. The molecule has 2 aromatic rings. The Hall–Kier alpha value is -2.91. The number of carbonyl (C=O) groups excluding carboxylic acids is 2. The number of carbonyl (C=O) groups is 2. The van der Waals surface area contributed by atoms with Gasteiger partial charge < -0.3 is 10.1 Å². The highest BCUT2D eigenvalue weighted by Crippen LogP contribution is 2.37. The van der Waals surface area contributed by atoms with Gasteiger partial charge in [0, 0.05) is 18.7 Å². The molecule has 0 fully saturated rings. The largest absolute Gasteiger partial charge is 0.434 e. The number of ether oxygens (including phenoxy) is 1. The highest BCUT2D eigenvalue weighted by molar-refractivity contribution is 6.47. The molecular formula is C16H13Cl2N5O4. The summed E-state index contributed by atoms with van der Waals surface area (Å²) >= 11 is 12.5. The summed E-state index contributed by atoms with van der Waals surface area (Å²) in [6, 6.07) is 4.14. The van der Waals surface area contributed by atoms with Crippen molar-refractivity contribution in [1.82, 2.24) is 20.5 Å². The lowest BCUT2D eigenvalue weighted by Crippen LogP contribution is -2.42. The quantitative estimate of drug-likeness (QED) is 0.738. The summed E-state index contributed by atoms with van der Waals surface area (Å²) in [7, 11) is 1.39. The van der Waals surface area contributed by atoms with E-state index < -0.39 is 11.3 Å². The van der Waals surface area contributed by atoms with Crippen LogP contribution in [0.3, 0.4) is 0 Å². The molecule has 11 heteroatoms. The van der Waals surface area contributed by atoms with Gasteiger partial charge in [0.15, 0.2) is 17.2 Å². The third kappa shape index (κ3) is 3.79. The molecule has 27 heavy (non-hydrogen) atoms. The molecule has 1 aromatic carbocycles. The second-order valence-electron chi connectivity index (χ2n) is 5.55. The number of nitrogens with zero attached hydrogens (tertiary/aromatic N) is 3. The lowest BCUT2D eigenvalue weighted by atomic mass is 10.1. The first kappa shape index (κ1) is 18.9. The average Bonchev–Trinajstić information content (AvgIpc) is 2.61. The number of halogens is 2. The number of nitrogens with one attached hydrogen (secondary N) is 2.